The first-order valence-electron chi connectivity index (χ1n) is 6.94. The van der Waals surface area contributed by atoms with Gasteiger partial charge in [0, 0.05) is 6.54 Å². The third-order valence-corrected chi connectivity index (χ3v) is 3.60. The predicted octanol–water partition coefficient (Wildman–Crippen LogP) is 3.85. The minimum Gasteiger partial charge on any atom is -0.371 e. The van der Waals surface area contributed by atoms with Crippen LogP contribution in [0.3, 0.4) is 0 Å². The van der Waals surface area contributed by atoms with E-state index in [1.54, 1.807) is 11.3 Å². The highest BCUT2D eigenvalue weighted by Gasteiger charge is 2.06. The van der Waals surface area contributed by atoms with Gasteiger partial charge >= 0.3 is 0 Å². The van der Waals surface area contributed by atoms with Crippen molar-refractivity contribution in [3.63, 3.8) is 0 Å². The molecule has 1 rings (SSSR count). The van der Waals surface area contributed by atoms with E-state index in [9.17, 15) is 0 Å². The van der Waals surface area contributed by atoms with Crippen LogP contribution in [-0.2, 0) is 11.3 Å². The van der Waals surface area contributed by atoms with Gasteiger partial charge < -0.3 is 10.1 Å². The largest absolute Gasteiger partial charge is 0.371 e. The second-order valence-electron chi connectivity index (χ2n) is 4.50. The third kappa shape index (κ3) is 6.31. The number of ether oxygens (including phenoxy) is 1. The van der Waals surface area contributed by atoms with Gasteiger partial charge in [0.25, 0.3) is 0 Å². The predicted molar refractivity (Wildman–Crippen MR) is 77.1 cm³/mol. The zero-order chi connectivity index (χ0) is 13.2. The summed E-state index contributed by atoms with van der Waals surface area (Å²) in [4.78, 5) is 0. The first-order valence-corrected chi connectivity index (χ1v) is 7.75. The fourth-order valence-electron chi connectivity index (χ4n) is 1.69. The van der Waals surface area contributed by atoms with Gasteiger partial charge in [-0.3, -0.25) is 0 Å². The summed E-state index contributed by atoms with van der Waals surface area (Å²) in [7, 11) is 0. The van der Waals surface area contributed by atoms with Gasteiger partial charge in [-0.25, -0.2) is 0 Å². The Hall–Kier alpha value is -0.680. The van der Waals surface area contributed by atoms with Crippen LogP contribution in [0.25, 0.3) is 0 Å². The number of aromatic nitrogens is 2. The van der Waals surface area contributed by atoms with Crippen molar-refractivity contribution in [1.82, 2.24) is 10.2 Å². The van der Waals surface area contributed by atoms with Crippen molar-refractivity contribution in [2.24, 2.45) is 0 Å². The number of rotatable bonds is 10. The van der Waals surface area contributed by atoms with E-state index in [0.29, 0.717) is 12.7 Å². The number of unbranched alkanes of at least 4 members (excludes halogenated alkanes) is 3. The molecule has 1 aromatic heterocycles. The van der Waals surface area contributed by atoms with Crippen LogP contribution >= 0.6 is 11.3 Å². The van der Waals surface area contributed by atoms with Crippen LogP contribution in [0.15, 0.2) is 0 Å². The molecule has 0 aliphatic carbocycles. The first-order chi connectivity index (χ1) is 8.76. The van der Waals surface area contributed by atoms with Gasteiger partial charge in [-0.2, -0.15) is 0 Å². The van der Waals surface area contributed by atoms with E-state index in [-0.39, 0.29) is 0 Å². The van der Waals surface area contributed by atoms with Crippen LogP contribution in [0.4, 0.5) is 5.13 Å². The van der Waals surface area contributed by atoms with E-state index in [0.717, 1.165) is 23.1 Å². The normalized spacial score (nSPS) is 12.6. The fraction of sp³-hybridized carbons (Fsp3) is 0.846. The van der Waals surface area contributed by atoms with Crippen LogP contribution in [0.1, 0.15) is 57.9 Å². The van der Waals surface area contributed by atoms with Gasteiger partial charge in [0.15, 0.2) is 0 Å². The van der Waals surface area contributed by atoms with E-state index >= 15 is 0 Å². The third-order valence-electron chi connectivity index (χ3n) is 2.75. The molecule has 0 aliphatic heterocycles. The second kappa shape index (κ2) is 9.28. The summed E-state index contributed by atoms with van der Waals surface area (Å²) in [5.41, 5.74) is 0. The summed E-state index contributed by atoms with van der Waals surface area (Å²) in [6.45, 7) is 7.88. The molecule has 0 saturated carbocycles. The summed E-state index contributed by atoms with van der Waals surface area (Å²) in [5.74, 6) is 0. The summed E-state index contributed by atoms with van der Waals surface area (Å²) in [6.07, 6.45) is 6.64. The quantitative estimate of drug-likeness (QED) is 0.657. The minimum atomic E-state index is 0.313. The molecule has 4 nitrogen and oxygen atoms in total. The van der Waals surface area contributed by atoms with Crippen molar-refractivity contribution < 1.29 is 4.74 Å². The Bertz CT molecular complexity index is 317. The Balaban J connectivity index is 2.14. The van der Waals surface area contributed by atoms with Crippen LogP contribution in [0.2, 0.25) is 0 Å². The van der Waals surface area contributed by atoms with Crippen LogP contribution < -0.4 is 5.32 Å². The van der Waals surface area contributed by atoms with E-state index in [1.807, 2.05) is 0 Å². The van der Waals surface area contributed by atoms with E-state index in [4.69, 9.17) is 4.74 Å². The molecular formula is C13H25N3OS. The lowest BCUT2D eigenvalue weighted by Crippen LogP contribution is -2.07. The maximum atomic E-state index is 5.78. The molecule has 0 amide bonds. The molecule has 1 unspecified atom stereocenters. The zero-order valence-corrected chi connectivity index (χ0v) is 12.6. The zero-order valence-electron chi connectivity index (χ0n) is 11.7. The maximum Gasteiger partial charge on any atom is 0.205 e. The van der Waals surface area contributed by atoms with E-state index < -0.39 is 0 Å². The average molecular weight is 271 g/mol. The van der Waals surface area contributed by atoms with Crippen LogP contribution in [-0.4, -0.2) is 22.8 Å². The van der Waals surface area contributed by atoms with Crippen molar-refractivity contribution in [2.75, 3.05) is 11.9 Å². The molecule has 104 valence electrons. The van der Waals surface area contributed by atoms with Gasteiger partial charge in [0.05, 0.1) is 6.10 Å². The lowest BCUT2D eigenvalue weighted by molar-refractivity contribution is 0.0455. The Morgan fingerprint density at radius 3 is 2.78 bits per heavy atom. The standard InChI is InChI=1S/C13H25N3OS/c1-4-6-7-8-9-11(3)17-10-12-15-16-13(18-12)14-5-2/h11H,4-10H2,1-3H3,(H,14,16). The highest BCUT2D eigenvalue weighted by Crippen LogP contribution is 2.17. The number of anilines is 1. The molecule has 0 spiro atoms. The van der Waals surface area contributed by atoms with Crippen molar-refractivity contribution in [1.29, 1.82) is 0 Å². The Morgan fingerprint density at radius 1 is 1.22 bits per heavy atom. The SMILES string of the molecule is CCCCCCC(C)OCc1nnc(NCC)s1. The molecule has 5 heteroatoms. The van der Waals surface area contributed by atoms with Crippen molar-refractivity contribution in [2.45, 2.75) is 65.6 Å². The highest BCUT2D eigenvalue weighted by atomic mass is 32.1. The van der Waals surface area contributed by atoms with Gasteiger partial charge in [0.2, 0.25) is 5.13 Å². The molecule has 0 fully saturated rings. The lowest BCUT2D eigenvalue weighted by Gasteiger charge is -2.11. The van der Waals surface area contributed by atoms with E-state index in [2.05, 4.69) is 36.3 Å². The Labute approximate surface area is 114 Å². The molecule has 1 aromatic rings. The molecule has 18 heavy (non-hydrogen) atoms. The van der Waals surface area contributed by atoms with Crippen molar-refractivity contribution in [3.8, 4) is 0 Å². The number of hydrogen-bond acceptors (Lipinski definition) is 5. The number of hydrogen-bond donors (Lipinski definition) is 1. The van der Waals surface area contributed by atoms with Gasteiger partial charge in [0.1, 0.15) is 11.6 Å². The van der Waals surface area contributed by atoms with E-state index in [1.165, 1.54) is 25.7 Å². The molecular weight excluding hydrogens is 246 g/mol. The smallest absolute Gasteiger partial charge is 0.205 e. The second-order valence-corrected chi connectivity index (χ2v) is 5.56. The lowest BCUT2D eigenvalue weighted by atomic mass is 10.1. The highest BCUT2D eigenvalue weighted by molar-refractivity contribution is 7.15. The van der Waals surface area contributed by atoms with Crippen molar-refractivity contribution >= 4 is 16.5 Å². The fourth-order valence-corrected chi connectivity index (χ4v) is 2.42. The Kier molecular flexibility index (Phi) is 7.93. The summed E-state index contributed by atoms with van der Waals surface area (Å²) in [5, 5.41) is 13.1. The van der Waals surface area contributed by atoms with Gasteiger partial charge in [-0.1, -0.05) is 43.9 Å². The van der Waals surface area contributed by atoms with Crippen LogP contribution in [0.5, 0.6) is 0 Å². The minimum absolute atomic E-state index is 0.313. The monoisotopic (exact) mass is 271 g/mol. The Morgan fingerprint density at radius 2 is 2.06 bits per heavy atom. The first kappa shape index (κ1) is 15.4. The molecule has 0 bridgehead atoms. The molecule has 1 atom stereocenters. The molecule has 0 aromatic carbocycles. The molecule has 0 aliphatic rings. The van der Waals surface area contributed by atoms with Gasteiger partial charge in [-0.05, 0) is 20.3 Å². The maximum absolute atomic E-state index is 5.78. The summed E-state index contributed by atoms with van der Waals surface area (Å²) in [6, 6.07) is 0. The molecule has 0 saturated heterocycles. The number of nitrogens with zero attached hydrogens (tertiary/aromatic N) is 2. The number of nitrogens with one attached hydrogen (secondary N) is 1. The van der Waals surface area contributed by atoms with Gasteiger partial charge in [-0.15, -0.1) is 10.2 Å². The topological polar surface area (TPSA) is 47.0 Å². The van der Waals surface area contributed by atoms with Crippen LogP contribution in [0, 0.1) is 0 Å². The molecule has 1 N–H and O–H groups in total. The molecule has 1 heterocycles. The average Bonchev–Trinajstić information content (AvgIpc) is 2.80. The molecule has 0 radical (unpaired) electrons. The summed E-state index contributed by atoms with van der Waals surface area (Å²) < 4.78 is 5.78. The summed E-state index contributed by atoms with van der Waals surface area (Å²) >= 11 is 1.57. The van der Waals surface area contributed by atoms with Crippen molar-refractivity contribution in [3.05, 3.63) is 5.01 Å².